The van der Waals surface area contributed by atoms with Gasteiger partial charge in [0, 0.05) is 5.69 Å². The Morgan fingerprint density at radius 3 is 3.00 bits per heavy atom. The standard InChI is InChI=1S/C11H12ClN3O3/c12-8-2-1-7(13)5-9(8)14-10(16)6-15-3-4-18-11(15)17/h1-2,5H,3-4,6,13H2,(H,14,16). The van der Waals surface area contributed by atoms with Crippen LogP contribution >= 0.6 is 11.6 Å². The SMILES string of the molecule is Nc1ccc(Cl)c(NC(=O)CN2CCOC2=O)c1. The number of amides is 2. The smallest absolute Gasteiger partial charge is 0.410 e. The summed E-state index contributed by atoms with van der Waals surface area (Å²) in [6.45, 7) is 0.659. The van der Waals surface area contributed by atoms with Gasteiger partial charge in [-0.3, -0.25) is 9.69 Å². The van der Waals surface area contributed by atoms with E-state index in [4.69, 9.17) is 22.1 Å². The highest BCUT2D eigenvalue weighted by atomic mass is 35.5. The van der Waals surface area contributed by atoms with E-state index in [1.165, 1.54) is 4.90 Å². The van der Waals surface area contributed by atoms with E-state index in [9.17, 15) is 9.59 Å². The number of benzene rings is 1. The molecule has 1 fully saturated rings. The van der Waals surface area contributed by atoms with Crippen LogP contribution in [0.2, 0.25) is 5.02 Å². The average Bonchev–Trinajstić information content (AvgIpc) is 2.70. The predicted octanol–water partition coefficient (Wildman–Crippen LogP) is 1.31. The number of hydrogen-bond donors (Lipinski definition) is 2. The van der Waals surface area contributed by atoms with Crippen molar-refractivity contribution in [2.75, 3.05) is 30.7 Å². The number of carbonyl (C=O) groups excluding carboxylic acids is 2. The van der Waals surface area contributed by atoms with E-state index in [-0.39, 0.29) is 12.5 Å². The van der Waals surface area contributed by atoms with E-state index in [0.717, 1.165) is 0 Å². The van der Waals surface area contributed by atoms with Crippen LogP contribution in [0.25, 0.3) is 0 Å². The monoisotopic (exact) mass is 269 g/mol. The first-order valence-electron chi connectivity index (χ1n) is 5.33. The van der Waals surface area contributed by atoms with E-state index in [0.29, 0.717) is 29.5 Å². The number of carbonyl (C=O) groups is 2. The predicted molar refractivity (Wildman–Crippen MR) is 67.4 cm³/mol. The van der Waals surface area contributed by atoms with Crippen LogP contribution in [0.5, 0.6) is 0 Å². The fourth-order valence-electron chi connectivity index (χ4n) is 1.57. The van der Waals surface area contributed by atoms with Gasteiger partial charge in [0.05, 0.1) is 17.3 Å². The van der Waals surface area contributed by atoms with Crippen molar-refractivity contribution in [2.45, 2.75) is 0 Å². The molecular formula is C11H12ClN3O3. The molecule has 0 atom stereocenters. The van der Waals surface area contributed by atoms with Gasteiger partial charge in [0.25, 0.3) is 0 Å². The lowest BCUT2D eigenvalue weighted by Gasteiger charge is -2.13. The van der Waals surface area contributed by atoms with Gasteiger partial charge in [0.2, 0.25) is 5.91 Å². The van der Waals surface area contributed by atoms with Gasteiger partial charge < -0.3 is 15.8 Å². The number of nitrogen functional groups attached to an aromatic ring is 1. The zero-order chi connectivity index (χ0) is 13.1. The highest BCUT2D eigenvalue weighted by Gasteiger charge is 2.24. The molecule has 2 rings (SSSR count). The quantitative estimate of drug-likeness (QED) is 0.811. The maximum absolute atomic E-state index is 11.7. The lowest BCUT2D eigenvalue weighted by molar-refractivity contribution is -0.116. The van der Waals surface area contributed by atoms with E-state index in [1.807, 2.05) is 0 Å². The molecule has 7 heteroatoms. The Morgan fingerprint density at radius 2 is 2.33 bits per heavy atom. The fourth-order valence-corrected chi connectivity index (χ4v) is 1.74. The highest BCUT2D eigenvalue weighted by molar-refractivity contribution is 6.33. The van der Waals surface area contributed by atoms with Crippen molar-refractivity contribution in [3.05, 3.63) is 23.2 Å². The number of nitrogens with one attached hydrogen (secondary N) is 1. The van der Waals surface area contributed by atoms with Crippen LogP contribution in [0.4, 0.5) is 16.2 Å². The van der Waals surface area contributed by atoms with Crippen molar-refractivity contribution in [2.24, 2.45) is 0 Å². The van der Waals surface area contributed by atoms with Crippen molar-refractivity contribution >= 4 is 35.0 Å². The molecule has 0 radical (unpaired) electrons. The number of cyclic esters (lactones) is 1. The Morgan fingerprint density at radius 1 is 1.56 bits per heavy atom. The zero-order valence-electron chi connectivity index (χ0n) is 9.48. The van der Waals surface area contributed by atoms with Crippen molar-refractivity contribution in [3.8, 4) is 0 Å². The molecule has 1 aromatic carbocycles. The number of nitrogens with two attached hydrogens (primary N) is 1. The summed E-state index contributed by atoms with van der Waals surface area (Å²) >= 11 is 5.91. The molecule has 0 bridgehead atoms. The van der Waals surface area contributed by atoms with E-state index in [2.05, 4.69) is 5.32 Å². The Labute approximate surface area is 109 Å². The molecule has 0 unspecified atom stereocenters. The lowest BCUT2D eigenvalue weighted by Crippen LogP contribution is -2.33. The Balaban J connectivity index is 1.98. The summed E-state index contributed by atoms with van der Waals surface area (Å²) in [7, 11) is 0. The summed E-state index contributed by atoms with van der Waals surface area (Å²) in [5.41, 5.74) is 6.52. The second-order valence-electron chi connectivity index (χ2n) is 3.82. The average molecular weight is 270 g/mol. The van der Waals surface area contributed by atoms with Gasteiger partial charge in [-0.25, -0.2) is 4.79 Å². The molecule has 0 saturated carbocycles. The van der Waals surface area contributed by atoms with Crippen LogP contribution in [-0.2, 0) is 9.53 Å². The normalized spacial score (nSPS) is 14.5. The lowest BCUT2D eigenvalue weighted by atomic mass is 10.3. The van der Waals surface area contributed by atoms with Gasteiger partial charge in [-0.1, -0.05) is 11.6 Å². The van der Waals surface area contributed by atoms with Gasteiger partial charge in [-0.05, 0) is 18.2 Å². The minimum atomic E-state index is -0.483. The third-order valence-electron chi connectivity index (χ3n) is 2.44. The fraction of sp³-hybridized carbons (Fsp3) is 0.273. The molecule has 0 spiro atoms. The number of ether oxygens (including phenoxy) is 1. The molecule has 1 aliphatic rings. The molecule has 1 aromatic rings. The molecule has 96 valence electrons. The molecular weight excluding hydrogens is 258 g/mol. The van der Waals surface area contributed by atoms with Gasteiger partial charge in [-0.15, -0.1) is 0 Å². The Kier molecular flexibility index (Phi) is 3.57. The molecule has 1 heterocycles. The third-order valence-corrected chi connectivity index (χ3v) is 2.77. The minimum absolute atomic E-state index is 0.0655. The van der Waals surface area contributed by atoms with Gasteiger partial charge in [-0.2, -0.15) is 0 Å². The summed E-state index contributed by atoms with van der Waals surface area (Å²) in [5.74, 6) is -0.346. The Hall–Kier alpha value is -1.95. The first kappa shape index (κ1) is 12.5. The molecule has 6 nitrogen and oxygen atoms in total. The number of rotatable bonds is 3. The highest BCUT2D eigenvalue weighted by Crippen LogP contribution is 2.24. The summed E-state index contributed by atoms with van der Waals surface area (Å²) in [5, 5.41) is 2.99. The number of hydrogen-bond acceptors (Lipinski definition) is 4. The number of halogens is 1. The summed E-state index contributed by atoms with van der Waals surface area (Å²) in [6.07, 6.45) is -0.483. The zero-order valence-corrected chi connectivity index (χ0v) is 10.2. The molecule has 3 N–H and O–H groups in total. The molecule has 18 heavy (non-hydrogen) atoms. The largest absolute Gasteiger partial charge is 0.448 e. The van der Waals surface area contributed by atoms with Crippen LogP contribution < -0.4 is 11.1 Å². The van der Waals surface area contributed by atoms with Crippen molar-refractivity contribution in [1.82, 2.24) is 4.90 Å². The summed E-state index contributed by atoms with van der Waals surface area (Å²) in [4.78, 5) is 24.2. The summed E-state index contributed by atoms with van der Waals surface area (Å²) in [6, 6.07) is 4.79. The van der Waals surface area contributed by atoms with E-state index in [1.54, 1.807) is 18.2 Å². The van der Waals surface area contributed by atoms with Gasteiger partial charge in [0.1, 0.15) is 13.2 Å². The maximum atomic E-state index is 11.7. The number of anilines is 2. The molecule has 0 aromatic heterocycles. The van der Waals surface area contributed by atoms with Crippen LogP contribution in [0, 0.1) is 0 Å². The van der Waals surface area contributed by atoms with Crippen LogP contribution in [0.3, 0.4) is 0 Å². The first-order chi connectivity index (χ1) is 8.56. The third kappa shape index (κ3) is 2.84. The minimum Gasteiger partial charge on any atom is -0.448 e. The van der Waals surface area contributed by atoms with Crippen LogP contribution in [0.15, 0.2) is 18.2 Å². The molecule has 0 aliphatic carbocycles. The van der Waals surface area contributed by atoms with E-state index >= 15 is 0 Å². The molecule has 1 aliphatic heterocycles. The van der Waals surface area contributed by atoms with Gasteiger partial charge in [0.15, 0.2) is 0 Å². The molecule has 2 amide bonds. The maximum Gasteiger partial charge on any atom is 0.410 e. The van der Waals surface area contributed by atoms with E-state index < -0.39 is 6.09 Å². The second kappa shape index (κ2) is 5.14. The van der Waals surface area contributed by atoms with Crippen LogP contribution in [-0.4, -0.2) is 36.6 Å². The van der Waals surface area contributed by atoms with Gasteiger partial charge >= 0.3 is 6.09 Å². The number of nitrogens with zero attached hydrogens (tertiary/aromatic N) is 1. The van der Waals surface area contributed by atoms with Crippen molar-refractivity contribution < 1.29 is 14.3 Å². The topological polar surface area (TPSA) is 84.7 Å². The Bertz CT molecular complexity index is 492. The first-order valence-corrected chi connectivity index (χ1v) is 5.70. The molecule has 1 saturated heterocycles. The van der Waals surface area contributed by atoms with Crippen molar-refractivity contribution in [3.63, 3.8) is 0 Å². The van der Waals surface area contributed by atoms with Crippen molar-refractivity contribution in [1.29, 1.82) is 0 Å². The summed E-state index contributed by atoms with van der Waals surface area (Å²) < 4.78 is 4.72. The van der Waals surface area contributed by atoms with Crippen LogP contribution in [0.1, 0.15) is 0 Å². The second-order valence-corrected chi connectivity index (χ2v) is 4.23.